The van der Waals surface area contributed by atoms with Gasteiger partial charge in [0.25, 0.3) is 0 Å². The second kappa shape index (κ2) is 5.76. The number of aliphatic hydroxyl groups is 2. The van der Waals surface area contributed by atoms with Gasteiger partial charge in [-0.15, -0.1) is 0 Å². The first-order chi connectivity index (χ1) is 11.0. The van der Waals surface area contributed by atoms with E-state index < -0.39 is 5.41 Å². The van der Waals surface area contributed by atoms with Gasteiger partial charge in [0.05, 0.1) is 13.2 Å². The third-order valence-corrected chi connectivity index (χ3v) is 4.63. The zero-order valence-electron chi connectivity index (χ0n) is 13.3. The maximum atomic E-state index is 12.9. The fourth-order valence-corrected chi connectivity index (χ4v) is 3.22. The lowest BCUT2D eigenvalue weighted by Crippen LogP contribution is -2.17. The number of hydrogen-bond donors (Lipinski definition) is 2. The van der Waals surface area contributed by atoms with Crippen molar-refractivity contribution in [3.05, 3.63) is 75.9 Å². The van der Waals surface area contributed by atoms with Gasteiger partial charge in [-0.05, 0) is 34.4 Å². The van der Waals surface area contributed by atoms with Gasteiger partial charge in [-0.25, -0.2) is 0 Å². The molecule has 0 atom stereocenters. The van der Waals surface area contributed by atoms with E-state index in [1.165, 1.54) is 0 Å². The van der Waals surface area contributed by atoms with Crippen LogP contribution in [-0.4, -0.2) is 16.0 Å². The van der Waals surface area contributed by atoms with Gasteiger partial charge in [0, 0.05) is 16.6 Å². The maximum Gasteiger partial charge on any atom is 0.190 e. The Hall–Kier alpha value is -2.23. The number of fused-ring (bicyclic) bond motifs is 1. The first-order valence-corrected chi connectivity index (χ1v) is 7.69. The predicted molar refractivity (Wildman–Crippen MR) is 90.1 cm³/mol. The molecule has 2 N–H and O–H groups in total. The normalized spacial score (nSPS) is 17.6. The van der Waals surface area contributed by atoms with Gasteiger partial charge in [-0.2, -0.15) is 0 Å². The Morgan fingerprint density at radius 1 is 1.00 bits per heavy atom. The van der Waals surface area contributed by atoms with Crippen molar-refractivity contribution < 1.29 is 15.0 Å². The number of carbonyl (C=O) groups excluding carboxylic acids is 1. The van der Waals surface area contributed by atoms with Crippen molar-refractivity contribution in [2.45, 2.75) is 32.5 Å². The first-order valence-electron chi connectivity index (χ1n) is 7.69. The molecule has 23 heavy (non-hydrogen) atoms. The molecule has 0 unspecified atom stereocenters. The molecule has 2 aromatic rings. The van der Waals surface area contributed by atoms with E-state index in [1.54, 1.807) is 6.07 Å². The van der Waals surface area contributed by atoms with Gasteiger partial charge in [0.15, 0.2) is 5.78 Å². The summed E-state index contributed by atoms with van der Waals surface area (Å²) in [5.41, 5.74) is 4.10. The summed E-state index contributed by atoms with van der Waals surface area (Å²) < 4.78 is 0. The van der Waals surface area contributed by atoms with Crippen LogP contribution in [0.2, 0.25) is 0 Å². The minimum atomic E-state index is -0.430. The molecule has 0 fully saturated rings. The zero-order chi connectivity index (χ0) is 16.6. The Labute approximate surface area is 135 Å². The molecule has 3 rings (SSSR count). The molecule has 3 nitrogen and oxygen atoms in total. The van der Waals surface area contributed by atoms with Gasteiger partial charge < -0.3 is 10.2 Å². The predicted octanol–water partition coefficient (Wildman–Crippen LogP) is 3.23. The van der Waals surface area contributed by atoms with Crippen LogP contribution in [0.25, 0.3) is 6.08 Å². The number of benzene rings is 2. The largest absolute Gasteiger partial charge is 0.392 e. The fraction of sp³-hybridized carbons (Fsp3) is 0.250. The zero-order valence-corrected chi connectivity index (χ0v) is 13.3. The van der Waals surface area contributed by atoms with Crippen LogP contribution in [0.1, 0.15) is 46.5 Å². The highest BCUT2D eigenvalue weighted by atomic mass is 16.3. The Morgan fingerprint density at radius 3 is 2.22 bits per heavy atom. The molecule has 0 bridgehead atoms. The van der Waals surface area contributed by atoms with Crippen LogP contribution in [0.15, 0.2) is 48.0 Å². The van der Waals surface area contributed by atoms with Crippen LogP contribution in [-0.2, 0) is 18.6 Å². The summed E-state index contributed by atoms with van der Waals surface area (Å²) in [4.78, 5) is 12.9. The lowest BCUT2D eigenvalue weighted by Gasteiger charge is -2.21. The summed E-state index contributed by atoms with van der Waals surface area (Å²) in [6.45, 7) is 3.70. The van der Waals surface area contributed by atoms with Crippen LogP contribution in [0.4, 0.5) is 0 Å². The summed E-state index contributed by atoms with van der Waals surface area (Å²) in [6, 6.07) is 13.3. The lowest BCUT2D eigenvalue weighted by molar-refractivity contribution is 0.103. The van der Waals surface area contributed by atoms with Crippen molar-refractivity contribution >= 4 is 11.9 Å². The molecule has 0 aliphatic heterocycles. The van der Waals surface area contributed by atoms with E-state index in [0.29, 0.717) is 16.7 Å². The van der Waals surface area contributed by atoms with Crippen molar-refractivity contribution in [3.8, 4) is 0 Å². The molecular formula is C20H20O3. The van der Waals surface area contributed by atoms with Crippen LogP contribution in [0.5, 0.6) is 0 Å². The summed E-state index contributed by atoms with van der Waals surface area (Å²) >= 11 is 0. The molecule has 0 heterocycles. The van der Waals surface area contributed by atoms with E-state index in [-0.39, 0.29) is 19.0 Å². The van der Waals surface area contributed by atoms with Gasteiger partial charge >= 0.3 is 0 Å². The summed E-state index contributed by atoms with van der Waals surface area (Å²) in [5, 5.41) is 19.0. The molecule has 0 saturated heterocycles. The molecule has 0 spiro atoms. The molecule has 0 aromatic heterocycles. The summed E-state index contributed by atoms with van der Waals surface area (Å²) in [5.74, 6) is -0.00644. The minimum Gasteiger partial charge on any atom is -0.392 e. The minimum absolute atomic E-state index is 0.00644. The van der Waals surface area contributed by atoms with E-state index in [4.69, 9.17) is 0 Å². The Balaban J connectivity index is 2.17. The Kier molecular flexibility index (Phi) is 3.92. The Bertz CT molecular complexity index is 786. The topological polar surface area (TPSA) is 57.5 Å². The standard InChI is InChI=1S/C20H20O3/c1-20(2)17-10-15(12-22)14(11-21)9-16(17)19(23)18(20)8-13-6-4-3-5-7-13/h3-10,21-22H,11-12H2,1-2H3. The van der Waals surface area contributed by atoms with Crippen LogP contribution in [0.3, 0.4) is 0 Å². The van der Waals surface area contributed by atoms with Gasteiger partial charge in [0.2, 0.25) is 0 Å². The van der Waals surface area contributed by atoms with Crippen molar-refractivity contribution in [1.82, 2.24) is 0 Å². The average Bonchev–Trinajstić information content (AvgIpc) is 2.75. The number of ketones is 1. The highest BCUT2D eigenvalue weighted by Crippen LogP contribution is 2.44. The van der Waals surface area contributed by atoms with Gasteiger partial charge in [0.1, 0.15) is 0 Å². The van der Waals surface area contributed by atoms with Crippen molar-refractivity contribution in [2.75, 3.05) is 0 Å². The van der Waals surface area contributed by atoms with Crippen molar-refractivity contribution in [3.63, 3.8) is 0 Å². The molecule has 2 aromatic carbocycles. The molecule has 0 saturated carbocycles. The van der Waals surface area contributed by atoms with E-state index in [9.17, 15) is 15.0 Å². The monoisotopic (exact) mass is 308 g/mol. The van der Waals surface area contributed by atoms with Gasteiger partial charge in [-0.1, -0.05) is 50.2 Å². The van der Waals surface area contributed by atoms with Crippen LogP contribution < -0.4 is 0 Å². The molecule has 0 radical (unpaired) electrons. The molecular weight excluding hydrogens is 288 g/mol. The van der Waals surface area contributed by atoms with Crippen LogP contribution in [0, 0.1) is 0 Å². The molecule has 0 amide bonds. The van der Waals surface area contributed by atoms with E-state index >= 15 is 0 Å². The van der Waals surface area contributed by atoms with Crippen molar-refractivity contribution in [2.24, 2.45) is 0 Å². The van der Waals surface area contributed by atoms with Gasteiger partial charge in [-0.3, -0.25) is 4.79 Å². The number of rotatable bonds is 3. The summed E-state index contributed by atoms with van der Waals surface area (Å²) in [7, 11) is 0. The highest BCUT2D eigenvalue weighted by molar-refractivity contribution is 6.17. The smallest absolute Gasteiger partial charge is 0.190 e. The third kappa shape index (κ3) is 2.52. The maximum absolute atomic E-state index is 12.9. The third-order valence-electron chi connectivity index (χ3n) is 4.63. The van der Waals surface area contributed by atoms with E-state index in [0.717, 1.165) is 16.7 Å². The Morgan fingerprint density at radius 2 is 1.61 bits per heavy atom. The molecule has 1 aliphatic carbocycles. The lowest BCUT2D eigenvalue weighted by atomic mass is 9.81. The van der Waals surface area contributed by atoms with E-state index in [2.05, 4.69) is 0 Å². The molecule has 3 heteroatoms. The van der Waals surface area contributed by atoms with Crippen molar-refractivity contribution in [1.29, 1.82) is 0 Å². The number of carbonyl (C=O) groups is 1. The van der Waals surface area contributed by atoms with E-state index in [1.807, 2.05) is 56.3 Å². The number of aliphatic hydroxyl groups excluding tert-OH is 2. The number of hydrogen-bond acceptors (Lipinski definition) is 3. The average molecular weight is 308 g/mol. The molecule has 118 valence electrons. The highest BCUT2D eigenvalue weighted by Gasteiger charge is 2.41. The first kappa shape index (κ1) is 15.7. The number of allylic oxidation sites excluding steroid dienone is 1. The second-order valence-electron chi connectivity index (χ2n) is 6.41. The van der Waals surface area contributed by atoms with Crippen LogP contribution >= 0.6 is 0 Å². The fourth-order valence-electron chi connectivity index (χ4n) is 3.22. The molecule has 1 aliphatic rings. The number of Topliss-reactive ketones (excluding diaryl/α,β-unsaturated/α-hetero) is 1. The quantitative estimate of drug-likeness (QED) is 0.856. The summed E-state index contributed by atoms with van der Waals surface area (Å²) in [6.07, 6.45) is 1.93. The second-order valence-corrected chi connectivity index (χ2v) is 6.41. The SMILES string of the molecule is CC1(C)C(=Cc2ccccc2)C(=O)c2cc(CO)c(CO)cc21.